The summed E-state index contributed by atoms with van der Waals surface area (Å²) in [4.78, 5) is 15.3. The summed E-state index contributed by atoms with van der Waals surface area (Å²) in [6, 6.07) is 1.59. The van der Waals surface area contributed by atoms with Crippen LogP contribution in [-0.2, 0) is 0 Å². The first kappa shape index (κ1) is 11.7. The molecule has 0 bridgehead atoms. The second kappa shape index (κ2) is 5.46. The number of ether oxygens (including phenoxy) is 1. The van der Waals surface area contributed by atoms with Crippen molar-refractivity contribution in [1.82, 2.24) is 4.98 Å². The van der Waals surface area contributed by atoms with Crippen molar-refractivity contribution in [2.45, 2.75) is 26.4 Å². The maximum Gasteiger partial charge on any atom is 0.192 e. The van der Waals surface area contributed by atoms with Crippen LogP contribution in [0.2, 0.25) is 0 Å². The van der Waals surface area contributed by atoms with Crippen LogP contribution in [0.15, 0.2) is 18.5 Å². The number of rotatable bonds is 5. The second-order valence-electron chi connectivity index (χ2n) is 3.30. The number of aromatic nitrogens is 1. The molecule has 1 N–H and O–H groups in total. The third-order valence-corrected chi connectivity index (χ3v) is 1.85. The number of hydrogen-bond donors (Lipinski definition) is 1. The molecule has 0 saturated heterocycles. The van der Waals surface area contributed by atoms with Crippen molar-refractivity contribution in [2.24, 2.45) is 0 Å². The monoisotopic (exact) mass is 209 g/mol. The average Bonchev–Trinajstić information content (AvgIpc) is 2.25. The molecule has 0 radical (unpaired) electrons. The summed E-state index contributed by atoms with van der Waals surface area (Å²) in [5.74, 6) is 0.216. The van der Waals surface area contributed by atoms with Crippen LogP contribution in [0.5, 0.6) is 5.75 Å². The number of ketones is 1. The number of aliphatic hydroxyl groups is 1. The van der Waals surface area contributed by atoms with Gasteiger partial charge < -0.3 is 9.84 Å². The third kappa shape index (κ3) is 3.32. The van der Waals surface area contributed by atoms with Gasteiger partial charge >= 0.3 is 0 Å². The predicted octanol–water partition coefficient (Wildman–Crippen LogP) is 1.43. The van der Waals surface area contributed by atoms with E-state index in [4.69, 9.17) is 9.84 Å². The first-order valence-corrected chi connectivity index (χ1v) is 4.95. The first-order chi connectivity index (χ1) is 7.15. The number of carbonyl (C=O) groups is 1. The zero-order chi connectivity index (χ0) is 11.3. The Labute approximate surface area is 88.9 Å². The highest BCUT2D eigenvalue weighted by atomic mass is 16.5. The largest absolute Gasteiger partial charge is 0.492 e. The van der Waals surface area contributed by atoms with E-state index < -0.39 is 6.10 Å². The van der Waals surface area contributed by atoms with Gasteiger partial charge in [-0.2, -0.15) is 0 Å². The van der Waals surface area contributed by atoms with Gasteiger partial charge in [0.25, 0.3) is 0 Å². The summed E-state index contributed by atoms with van der Waals surface area (Å²) in [5, 5.41) is 9.12. The standard InChI is InChI=1S/C11H15NO3/c1-3-4-15-10-5-9(6-12-7-10)11(14)8(2)13/h5-8,13H,3-4H2,1-2H3. The van der Waals surface area contributed by atoms with E-state index in [9.17, 15) is 4.79 Å². The molecule has 1 heterocycles. The zero-order valence-electron chi connectivity index (χ0n) is 8.93. The Hall–Kier alpha value is -1.42. The summed E-state index contributed by atoms with van der Waals surface area (Å²) >= 11 is 0. The maximum atomic E-state index is 11.4. The van der Waals surface area contributed by atoms with Crippen molar-refractivity contribution < 1.29 is 14.6 Å². The zero-order valence-corrected chi connectivity index (χ0v) is 8.93. The van der Waals surface area contributed by atoms with Crippen molar-refractivity contribution in [3.8, 4) is 5.75 Å². The van der Waals surface area contributed by atoms with Crippen LogP contribution < -0.4 is 4.74 Å². The second-order valence-corrected chi connectivity index (χ2v) is 3.30. The smallest absolute Gasteiger partial charge is 0.192 e. The third-order valence-electron chi connectivity index (χ3n) is 1.85. The Balaban J connectivity index is 2.78. The number of hydrogen-bond acceptors (Lipinski definition) is 4. The summed E-state index contributed by atoms with van der Waals surface area (Å²) < 4.78 is 5.33. The maximum absolute atomic E-state index is 11.4. The minimum absolute atomic E-state index is 0.343. The molecular weight excluding hydrogens is 194 g/mol. The molecule has 0 fully saturated rings. The lowest BCUT2D eigenvalue weighted by atomic mass is 10.1. The van der Waals surface area contributed by atoms with Crippen LogP contribution in [0, 0.1) is 0 Å². The van der Waals surface area contributed by atoms with Crippen LogP contribution in [0.4, 0.5) is 0 Å². The molecule has 1 atom stereocenters. The van der Waals surface area contributed by atoms with Crippen molar-refractivity contribution in [2.75, 3.05) is 6.61 Å². The Morgan fingerprint density at radius 3 is 2.93 bits per heavy atom. The van der Waals surface area contributed by atoms with E-state index in [1.54, 1.807) is 12.3 Å². The molecule has 4 heteroatoms. The van der Waals surface area contributed by atoms with Crippen molar-refractivity contribution >= 4 is 5.78 Å². The molecular formula is C11H15NO3. The van der Waals surface area contributed by atoms with Crippen LogP contribution in [0.1, 0.15) is 30.6 Å². The molecule has 1 aromatic rings. The molecule has 4 nitrogen and oxygen atoms in total. The molecule has 1 rings (SSSR count). The molecule has 0 aromatic carbocycles. The molecule has 0 amide bonds. The number of carbonyl (C=O) groups excluding carboxylic acids is 1. The van der Waals surface area contributed by atoms with E-state index in [0.29, 0.717) is 17.9 Å². The van der Waals surface area contributed by atoms with Gasteiger partial charge in [-0.15, -0.1) is 0 Å². The predicted molar refractivity (Wildman–Crippen MR) is 56.0 cm³/mol. The van der Waals surface area contributed by atoms with E-state index in [1.807, 2.05) is 6.92 Å². The van der Waals surface area contributed by atoms with Crippen molar-refractivity contribution in [1.29, 1.82) is 0 Å². The normalized spacial score (nSPS) is 12.2. The molecule has 1 unspecified atom stereocenters. The summed E-state index contributed by atoms with van der Waals surface area (Å²) in [6.07, 6.45) is 2.87. The van der Waals surface area contributed by atoms with Crippen LogP contribution in [-0.4, -0.2) is 28.6 Å². The molecule has 1 aromatic heterocycles. The topological polar surface area (TPSA) is 59.4 Å². The van der Waals surface area contributed by atoms with E-state index in [-0.39, 0.29) is 5.78 Å². The average molecular weight is 209 g/mol. The van der Waals surface area contributed by atoms with Gasteiger partial charge in [0, 0.05) is 11.8 Å². The fourth-order valence-corrected chi connectivity index (χ4v) is 1.09. The summed E-state index contributed by atoms with van der Waals surface area (Å²) in [6.45, 7) is 4.02. The quantitative estimate of drug-likeness (QED) is 0.745. The van der Waals surface area contributed by atoms with Gasteiger partial charge in [0.1, 0.15) is 11.9 Å². The lowest BCUT2D eigenvalue weighted by molar-refractivity contribution is 0.0778. The Morgan fingerprint density at radius 2 is 2.33 bits per heavy atom. The van der Waals surface area contributed by atoms with E-state index in [1.165, 1.54) is 13.1 Å². The molecule has 0 saturated carbocycles. The first-order valence-electron chi connectivity index (χ1n) is 4.95. The van der Waals surface area contributed by atoms with Gasteiger partial charge in [0.15, 0.2) is 5.78 Å². The molecule has 0 aliphatic rings. The van der Waals surface area contributed by atoms with Gasteiger partial charge in [0.05, 0.1) is 12.8 Å². The lowest BCUT2D eigenvalue weighted by Crippen LogP contribution is -2.16. The van der Waals surface area contributed by atoms with E-state index >= 15 is 0 Å². The molecule has 0 aliphatic heterocycles. The molecule has 0 aliphatic carbocycles. The number of aliphatic hydroxyl groups excluding tert-OH is 1. The van der Waals surface area contributed by atoms with Crippen molar-refractivity contribution in [3.63, 3.8) is 0 Å². The fourth-order valence-electron chi connectivity index (χ4n) is 1.09. The van der Waals surface area contributed by atoms with Gasteiger partial charge in [-0.1, -0.05) is 6.92 Å². The van der Waals surface area contributed by atoms with Gasteiger partial charge in [-0.05, 0) is 19.4 Å². The summed E-state index contributed by atoms with van der Waals surface area (Å²) in [5.41, 5.74) is 0.374. The SMILES string of the molecule is CCCOc1cncc(C(=O)C(C)O)c1. The molecule has 15 heavy (non-hydrogen) atoms. The van der Waals surface area contributed by atoms with Crippen LogP contribution in [0.3, 0.4) is 0 Å². The van der Waals surface area contributed by atoms with Crippen LogP contribution >= 0.6 is 0 Å². The fraction of sp³-hybridized carbons (Fsp3) is 0.455. The number of nitrogens with zero attached hydrogens (tertiary/aromatic N) is 1. The Morgan fingerprint density at radius 1 is 1.60 bits per heavy atom. The highest BCUT2D eigenvalue weighted by Crippen LogP contribution is 2.13. The molecule has 0 spiro atoms. The highest BCUT2D eigenvalue weighted by Gasteiger charge is 2.12. The highest BCUT2D eigenvalue weighted by molar-refractivity contribution is 5.99. The number of pyridine rings is 1. The van der Waals surface area contributed by atoms with E-state index in [2.05, 4.69) is 4.98 Å². The number of Topliss-reactive ketones (excluding diaryl/α,β-unsaturated/α-hetero) is 1. The minimum Gasteiger partial charge on any atom is -0.492 e. The lowest BCUT2D eigenvalue weighted by Gasteiger charge is -2.06. The van der Waals surface area contributed by atoms with Crippen molar-refractivity contribution in [3.05, 3.63) is 24.0 Å². The Kier molecular flexibility index (Phi) is 4.24. The van der Waals surface area contributed by atoms with Crippen LogP contribution in [0.25, 0.3) is 0 Å². The minimum atomic E-state index is -1.01. The van der Waals surface area contributed by atoms with Gasteiger partial charge in [0.2, 0.25) is 0 Å². The van der Waals surface area contributed by atoms with Gasteiger partial charge in [-0.3, -0.25) is 9.78 Å². The van der Waals surface area contributed by atoms with Gasteiger partial charge in [-0.25, -0.2) is 0 Å². The summed E-state index contributed by atoms with van der Waals surface area (Å²) in [7, 11) is 0. The van der Waals surface area contributed by atoms with E-state index in [0.717, 1.165) is 6.42 Å². The molecule has 82 valence electrons. The Bertz CT molecular complexity index is 336.